The molecule has 0 aliphatic rings. The van der Waals surface area contributed by atoms with Crippen molar-refractivity contribution in [3.8, 4) is 0 Å². The van der Waals surface area contributed by atoms with Crippen molar-refractivity contribution in [2.45, 2.75) is 18.7 Å². The maximum Gasteiger partial charge on any atom is 0.244 e. The molecule has 6 nitrogen and oxygen atoms in total. The van der Waals surface area contributed by atoms with Crippen LogP contribution in [0.3, 0.4) is 0 Å². The lowest BCUT2D eigenvalue weighted by atomic mass is 10.2. The molecule has 106 valence electrons. The zero-order chi connectivity index (χ0) is 14.5. The van der Waals surface area contributed by atoms with Gasteiger partial charge in [-0.25, -0.2) is 13.1 Å². The van der Waals surface area contributed by atoms with Gasteiger partial charge in [0.25, 0.3) is 0 Å². The van der Waals surface area contributed by atoms with Crippen LogP contribution in [0.5, 0.6) is 0 Å². The number of hydrogen-bond acceptors (Lipinski definition) is 4. The fraction of sp³-hybridized carbons (Fsp3) is 0.455. The predicted octanol–water partition coefficient (Wildman–Crippen LogP) is 0.786. The Hall–Kier alpha value is -1.18. The Labute approximate surface area is 117 Å². The summed E-state index contributed by atoms with van der Waals surface area (Å²) >= 11 is 5.77. The standard InChI is InChI=1S/C11H16ClN3O3S/c1-8(2)5-14-11(16)7-15-19(17,18)10-6-13-4-3-9(10)12/h3-4,6,8,15H,5,7H2,1-2H3,(H,14,16). The van der Waals surface area contributed by atoms with E-state index in [-0.39, 0.29) is 16.5 Å². The quantitative estimate of drug-likeness (QED) is 0.813. The van der Waals surface area contributed by atoms with Crippen LogP contribution in [-0.2, 0) is 14.8 Å². The number of aromatic nitrogens is 1. The minimum Gasteiger partial charge on any atom is -0.355 e. The molecule has 0 spiro atoms. The van der Waals surface area contributed by atoms with Gasteiger partial charge in [0.2, 0.25) is 15.9 Å². The molecular formula is C11H16ClN3O3S. The third kappa shape index (κ3) is 5.14. The Morgan fingerprint density at radius 1 is 1.47 bits per heavy atom. The van der Waals surface area contributed by atoms with E-state index in [0.29, 0.717) is 12.5 Å². The highest BCUT2D eigenvalue weighted by molar-refractivity contribution is 7.89. The maximum atomic E-state index is 11.9. The van der Waals surface area contributed by atoms with E-state index in [9.17, 15) is 13.2 Å². The summed E-state index contributed by atoms with van der Waals surface area (Å²) in [6.07, 6.45) is 2.52. The molecule has 0 aliphatic heterocycles. The topological polar surface area (TPSA) is 88.2 Å². The monoisotopic (exact) mass is 305 g/mol. The van der Waals surface area contributed by atoms with Gasteiger partial charge < -0.3 is 5.32 Å². The molecule has 0 saturated carbocycles. The van der Waals surface area contributed by atoms with Gasteiger partial charge in [-0.15, -0.1) is 0 Å². The summed E-state index contributed by atoms with van der Waals surface area (Å²) in [5, 5.41) is 2.67. The van der Waals surface area contributed by atoms with Crippen molar-refractivity contribution in [3.05, 3.63) is 23.5 Å². The molecule has 1 aromatic rings. The second-order valence-corrected chi connectivity index (χ2v) is 6.47. The minimum atomic E-state index is -3.83. The normalized spacial score (nSPS) is 11.6. The van der Waals surface area contributed by atoms with E-state index in [1.807, 2.05) is 13.8 Å². The SMILES string of the molecule is CC(C)CNC(=O)CNS(=O)(=O)c1cnccc1Cl. The average molecular weight is 306 g/mol. The van der Waals surface area contributed by atoms with Crippen LogP contribution < -0.4 is 10.0 Å². The Morgan fingerprint density at radius 2 is 2.16 bits per heavy atom. The molecule has 1 heterocycles. The summed E-state index contributed by atoms with van der Waals surface area (Å²) in [6.45, 7) is 4.05. The number of carbonyl (C=O) groups excluding carboxylic acids is 1. The Balaban J connectivity index is 2.62. The molecule has 0 aliphatic carbocycles. The summed E-state index contributed by atoms with van der Waals surface area (Å²) in [6, 6.07) is 1.37. The third-order valence-electron chi connectivity index (χ3n) is 2.15. The second kappa shape index (κ2) is 6.83. The number of rotatable bonds is 6. The van der Waals surface area contributed by atoms with Gasteiger partial charge in [-0.2, -0.15) is 0 Å². The molecule has 0 bridgehead atoms. The Bertz CT molecular complexity index is 546. The van der Waals surface area contributed by atoms with E-state index < -0.39 is 15.9 Å². The lowest BCUT2D eigenvalue weighted by molar-refractivity contribution is -0.120. The van der Waals surface area contributed by atoms with Gasteiger partial charge in [-0.3, -0.25) is 9.78 Å². The molecule has 19 heavy (non-hydrogen) atoms. The van der Waals surface area contributed by atoms with Crippen molar-refractivity contribution in [3.63, 3.8) is 0 Å². The largest absolute Gasteiger partial charge is 0.355 e. The fourth-order valence-electron chi connectivity index (χ4n) is 1.18. The molecule has 0 radical (unpaired) electrons. The molecule has 0 fully saturated rings. The van der Waals surface area contributed by atoms with Gasteiger partial charge in [0, 0.05) is 18.9 Å². The third-order valence-corrected chi connectivity index (χ3v) is 4.02. The molecule has 0 saturated heterocycles. The van der Waals surface area contributed by atoms with Gasteiger partial charge >= 0.3 is 0 Å². The van der Waals surface area contributed by atoms with E-state index in [1.165, 1.54) is 12.3 Å². The number of nitrogens with zero attached hydrogens (tertiary/aromatic N) is 1. The minimum absolute atomic E-state index is 0.0603. The Kier molecular flexibility index (Phi) is 5.71. The highest BCUT2D eigenvalue weighted by Crippen LogP contribution is 2.18. The van der Waals surface area contributed by atoms with E-state index in [1.54, 1.807) is 0 Å². The number of nitrogens with one attached hydrogen (secondary N) is 2. The second-order valence-electron chi connectivity index (χ2n) is 4.33. The molecule has 8 heteroatoms. The molecule has 0 atom stereocenters. The molecule has 2 N–H and O–H groups in total. The van der Waals surface area contributed by atoms with E-state index in [0.717, 1.165) is 6.20 Å². The smallest absolute Gasteiger partial charge is 0.244 e. The van der Waals surface area contributed by atoms with Crippen LogP contribution in [0.2, 0.25) is 5.02 Å². The van der Waals surface area contributed by atoms with E-state index >= 15 is 0 Å². The first-order valence-corrected chi connectivity index (χ1v) is 7.55. The summed E-state index contributed by atoms with van der Waals surface area (Å²) in [7, 11) is -3.83. The molecule has 1 amide bonds. The first-order valence-electron chi connectivity index (χ1n) is 5.69. The molecule has 1 aromatic heterocycles. The number of sulfonamides is 1. The van der Waals surface area contributed by atoms with Gasteiger partial charge in [-0.05, 0) is 12.0 Å². The molecule has 0 aromatic carbocycles. The molecular weight excluding hydrogens is 290 g/mol. The lowest BCUT2D eigenvalue weighted by Gasteiger charge is -2.09. The van der Waals surface area contributed by atoms with Crippen LogP contribution in [0.1, 0.15) is 13.8 Å². The van der Waals surface area contributed by atoms with Crippen molar-refractivity contribution in [1.29, 1.82) is 0 Å². The number of amides is 1. The number of pyridine rings is 1. The van der Waals surface area contributed by atoms with Crippen LogP contribution in [0.4, 0.5) is 0 Å². The van der Waals surface area contributed by atoms with Crippen molar-refractivity contribution >= 4 is 27.5 Å². The zero-order valence-electron chi connectivity index (χ0n) is 10.7. The molecule has 1 rings (SSSR count). The van der Waals surface area contributed by atoms with E-state index in [4.69, 9.17) is 11.6 Å². The summed E-state index contributed by atoms with van der Waals surface area (Å²) in [4.78, 5) is 15.0. The highest BCUT2D eigenvalue weighted by atomic mass is 35.5. The predicted molar refractivity (Wildman–Crippen MR) is 72.3 cm³/mol. The first kappa shape index (κ1) is 15.9. The van der Waals surface area contributed by atoms with Gasteiger partial charge in [0.1, 0.15) is 4.90 Å². The number of carbonyl (C=O) groups is 1. The fourth-order valence-corrected chi connectivity index (χ4v) is 2.59. The van der Waals surface area contributed by atoms with Crippen molar-refractivity contribution in [2.24, 2.45) is 5.92 Å². The first-order chi connectivity index (χ1) is 8.83. The number of hydrogen-bond donors (Lipinski definition) is 2. The van der Waals surface area contributed by atoms with Crippen LogP contribution >= 0.6 is 11.6 Å². The zero-order valence-corrected chi connectivity index (χ0v) is 12.3. The van der Waals surface area contributed by atoms with Crippen molar-refractivity contribution in [2.75, 3.05) is 13.1 Å². The number of halogens is 1. The highest BCUT2D eigenvalue weighted by Gasteiger charge is 2.18. The summed E-state index contributed by atoms with van der Waals surface area (Å²) in [5.41, 5.74) is 0. The van der Waals surface area contributed by atoms with Crippen LogP contribution in [0.25, 0.3) is 0 Å². The van der Waals surface area contributed by atoms with Crippen LogP contribution in [0, 0.1) is 5.92 Å². The maximum absolute atomic E-state index is 11.9. The van der Waals surface area contributed by atoms with Gasteiger partial charge in [-0.1, -0.05) is 25.4 Å². The van der Waals surface area contributed by atoms with Crippen LogP contribution in [-0.4, -0.2) is 32.4 Å². The van der Waals surface area contributed by atoms with Gasteiger partial charge in [0.05, 0.1) is 11.6 Å². The van der Waals surface area contributed by atoms with Crippen molar-refractivity contribution < 1.29 is 13.2 Å². The summed E-state index contributed by atoms with van der Waals surface area (Å²) in [5.74, 6) is -0.0920. The average Bonchev–Trinajstić information content (AvgIpc) is 2.34. The summed E-state index contributed by atoms with van der Waals surface area (Å²) < 4.78 is 25.9. The van der Waals surface area contributed by atoms with Crippen LogP contribution in [0.15, 0.2) is 23.4 Å². The lowest BCUT2D eigenvalue weighted by Crippen LogP contribution is -2.38. The van der Waals surface area contributed by atoms with Crippen molar-refractivity contribution in [1.82, 2.24) is 15.0 Å². The van der Waals surface area contributed by atoms with Gasteiger partial charge in [0.15, 0.2) is 0 Å². The van der Waals surface area contributed by atoms with E-state index in [2.05, 4.69) is 15.0 Å². The Morgan fingerprint density at radius 3 is 2.74 bits per heavy atom. The molecule has 0 unspecified atom stereocenters.